The van der Waals surface area contributed by atoms with Gasteiger partial charge in [0, 0.05) is 0 Å². The first kappa shape index (κ1) is 12.1. The zero-order chi connectivity index (χ0) is 15.1. The van der Waals surface area contributed by atoms with Crippen molar-refractivity contribution in [3.05, 3.63) is 54.6 Å². The van der Waals surface area contributed by atoms with Gasteiger partial charge in [0.05, 0.1) is 0 Å². The van der Waals surface area contributed by atoms with E-state index in [4.69, 9.17) is 8.83 Å². The minimum absolute atomic E-state index is 0.908. The van der Waals surface area contributed by atoms with Gasteiger partial charge >= 0.3 is 140 Å². The molecular weight excluding hydrogens is 279 g/mol. The molecule has 0 fully saturated rings. The SMILES string of the molecule is [Li][c]1ccc2ccc3oc4cccc5ccc6oc1c2c3-c6c54. The van der Waals surface area contributed by atoms with Crippen LogP contribution < -0.4 is 4.24 Å². The summed E-state index contributed by atoms with van der Waals surface area (Å²) in [6, 6.07) is 18.8. The topological polar surface area (TPSA) is 26.3 Å². The fourth-order valence-electron chi connectivity index (χ4n) is 3.91. The minimum atomic E-state index is 0.908. The molecule has 0 unspecified atom stereocenters. The second kappa shape index (κ2) is 3.92. The van der Waals surface area contributed by atoms with Crippen molar-refractivity contribution in [2.24, 2.45) is 0 Å². The third-order valence-corrected chi connectivity index (χ3v) is 4.95. The van der Waals surface area contributed by atoms with E-state index in [2.05, 4.69) is 60.2 Å². The first-order valence-corrected chi connectivity index (χ1v) is 7.79. The third-order valence-electron chi connectivity index (χ3n) is 4.95. The van der Waals surface area contributed by atoms with Gasteiger partial charge in [-0.3, -0.25) is 0 Å². The van der Waals surface area contributed by atoms with E-state index in [1.165, 1.54) is 21.9 Å². The Morgan fingerprint density at radius 1 is 0.609 bits per heavy atom. The van der Waals surface area contributed by atoms with E-state index in [0.29, 0.717) is 0 Å². The molecule has 0 saturated heterocycles. The predicted octanol–water partition coefficient (Wildman–Crippen LogP) is 4.82. The molecule has 102 valence electrons. The van der Waals surface area contributed by atoms with Crippen LogP contribution >= 0.6 is 0 Å². The van der Waals surface area contributed by atoms with E-state index in [9.17, 15) is 0 Å². The Labute approximate surface area is 140 Å². The van der Waals surface area contributed by atoms with Crippen LogP contribution in [0.25, 0.3) is 55.0 Å². The first-order valence-electron chi connectivity index (χ1n) is 7.79. The molecule has 0 atom stereocenters. The van der Waals surface area contributed by atoms with Crippen molar-refractivity contribution in [3.8, 4) is 11.1 Å². The van der Waals surface area contributed by atoms with Crippen LogP contribution in [0.3, 0.4) is 0 Å². The summed E-state index contributed by atoms with van der Waals surface area (Å²) >= 11 is 2.09. The zero-order valence-corrected chi connectivity index (χ0v) is 12.5. The molecule has 3 heteroatoms. The van der Waals surface area contributed by atoms with Crippen LogP contribution in [0.5, 0.6) is 0 Å². The van der Waals surface area contributed by atoms with Gasteiger partial charge in [-0.25, -0.2) is 0 Å². The van der Waals surface area contributed by atoms with E-state index in [1.54, 1.807) is 0 Å². The normalized spacial score (nSPS) is 12.6. The molecule has 23 heavy (non-hydrogen) atoms. The quantitative estimate of drug-likeness (QED) is 0.227. The Morgan fingerprint density at radius 2 is 1.30 bits per heavy atom. The molecule has 0 aromatic heterocycles. The van der Waals surface area contributed by atoms with E-state index in [0.717, 1.165) is 37.3 Å². The standard InChI is InChI=1S/C20H9O2.Li/c1-3-11-7-9-16-19-17(11)13(5-1)21-15-10-8-12-4-2-6-14(22-16)18(12)20(15)19;/h1-5,7-10H;. The van der Waals surface area contributed by atoms with Crippen LogP contribution in [0.4, 0.5) is 0 Å². The van der Waals surface area contributed by atoms with Gasteiger partial charge in [-0.1, -0.05) is 0 Å². The van der Waals surface area contributed by atoms with Crippen molar-refractivity contribution in [2.75, 3.05) is 0 Å². The maximum atomic E-state index is 6.32. The molecule has 4 aromatic rings. The monoisotopic (exact) mass is 288 g/mol. The van der Waals surface area contributed by atoms with E-state index < -0.39 is 0 Å². The number of hydrogen-bond donors (Lipinski definition) is 0. The fourth-order valence-corrected chi connectivity index (χ4v) is 3.91. The Kier molecular flexibility index (Phi) is 2.06. The van der Waals surface area contributed by atoms with Gasteiger partial charge in [0.25, 0.3) is 0 Å². The van der Waals surface area contributed by atoms with Crippen LogP contribution in [0.2, 0.25) is 0 Å². The van der Waals surface area contributed by atoms with Gasteiger partial charge in [-0.2, -0.15) is 0 Å². The van der Waals surface area contributed by atoms with Crippen LogP contribution in [-0.2, 0) is 0 Å². The number of hydrogen-bond acceptors (Lipinski definition) is 2. The Morgan fingerprint density at radius 3 is 2.17 bits per heavy atom. The van der Waals surface area contributed by atoms with Crippen LogP contribution in [-0.4, -0.2) is 17.7 Å². The van der Waals surface area contributed by atoms with E-state index in [1.807, 2.05) is 12.1 Å². The van der Waals surface area contributed by atoms with E-state index in [-0.39, 0.29) is 0 Å². The molecule has 0 aliphatic carbocycles. The zero-order valence-electron chi connectivity index (χ0n) is 12.5. The average molecular weight is 288 g/mol. The molecule has 2 nitrogen and oxygen atoms in total. The molecule has 6 rings (SSSR count). The molecule has 0 bridgehead atoms. The maximum absolute atomic E-state index is 6.32. The van der Waals surface area contributed by atoms with Gasteiger partial charge in [-0.15, -0.1) is 0 Å². The third kappa shape index (κ3) is 1.37. The van der Waals surface area contributed by atoms with Crippen molar-refractivity contribution in [1.82, 2.24) is 0 Å². The van der Waals surface area contributed by atoms with Crippen LogP contribution in [0.1, 0.15) is 0 Å². The van der Waals surface area contributed by atoms with Crippen molar-refractivity contribution < 1.29 is 8.83 Å². The molecule has 0 spiro atoms. The molecular formula is C20H9LiO2. The summed E-state index contributed by atoms with van der Waals surface area (Å²) in [5.74, 6) is 0. The molecule has 0 radical (unpaired) electrons. The second-order valence-corrected chi connectivity index (χ2v) is 6.25. The van der Waals surface area contributed by atoms with Gasteiger partial charge in [0.1, 0.15) is 0 Å². The average Bonchev–Trinajstić information content (AvgIpc) is 2.59. The predicted molar refractivity (Wildman–Crippen MR) is 94.2 cm³/mol. The van der Waals surface area contributed by atoms with Crippen molar-refractivity contribution in [1.29, 1.82) is 0 Å². The Hall–Kier alpha value is -2.40. The summed E-state index contributed by atoms with van der Waals surface area (Å²) in [5, 5.41) is 4.69. The molecule has 0 N–H and O–H groups in total. The summed E-state index contributed by atoms with van der Waals surface area (Å²) in [6.07, 6.45) is 0. The van der Waals surface area contributed by atoms with Crippen molar-refractivity contribution in [2.45, 2.75) is 0 Å². The Balaban J connectivity index is 2.09. The number of rotatable bonds is 0. The molecule has 4 aromatic carbocycles. The second-order valence-electron chi connectivity index (χ2n) is 6.25. The van der Waals surface area contributed by atoms with Gasteiger partial charge in [-0.05, 0) is 0 Å². The summed E-state index contributed by atoms with van der Waals surface area (Å²) in [6.45, 7) is 0. The van der Waals surface area contributed by atoms with Gasteiger partial charge < -0.3 is 0 Å². The number of benzene rings is 4. The summed E-state index contributed by atoms with van der Waals surface area (Å²) in [7, 11) is 0. The fraction of sp³-hybridized carbons (Fsp3) is 0. The van der Waals surface area contributed by atoms with Crippen molar-refractivity contribution >= 4 is 65.8 Å². The molecule has 0 amide bonds. The van der Waals surface area contributed by atoms with Crippen LogP contribution in [0, 0.1) is 0 Å². The van der Waals surface area contributed by atoms with E-state index >= 15 is 0 Å². The summed E-state index contributed by atoms with van der Waals surface area (Å²) in [5.41, 5.74) is 6.04. The molecule has 2 aliphatic heterocycles. The molecule has 2 aliphatic rings. The Bertz CT molecular complexity index is 1320. The van der Waals surface area contributed by atoms with Gasteiger partial charge in [0.2, 0.25) is 0 Å². The first-order chi connectivity index (χ1) is 11.3. The summed E-state index contributed by atoms with van der Waals surface area (Å²) in [4.78, 5) is 0. The van der Waals surface area contributed by atoms with Crippen LogP contribution in [0.15, 0.2) is 63.4 Å². The molecule has 0 saturated carbocycles. The molecule has 2 heterocycles. The van der Waals surface area contributed by atoms with Gasteiger partial charge in [0.15, 0.2) is 0 Å². The van der Waals surface area contributed by atoms with Crippen molar-refractivity contribution in [3.63, 3.8) is 0 Å². The summed E-state index contributed by atoms with van der Waals surface area (Å²) < 4.78 is 13.7.